The van der Waals surface area contributed by atoms with Gasteiger partial charge in [0.15, 0.2) is 0 Å². The van der Waals surface area contributed by atoms with Crippen LogP contribution in [0.4, 0.5) is 11.4 Å². The first-order valence-electron chi connectivity index (χ1n) is 19.5. The van der Waals surface area contributed by atoms with Crippen molar-refractivity contribution in [1.29, 1.82) is 0 Å². The standard InChI is InChI=1S/C43H52N4O10S2/c1-58(52,53)46(36-21-17-34(18-22-36)42(50)38-27-56-29-40(48)44(38)25-9-15-32-11-5-3-6-12-32)31-47(59(2,54)55)37-23-19-35(20-24-37)43(51)39-28-57-30-41(49)45(39)26-10-16-33-13-7-4-8-14-33/h3-8,11-14,17-24,38-39,42-43,50-51H,9-10,15-16,25-31H2,1-2H3. The van der Waals surface area contributed by atoms with Crippen molar-refractivity contribution < 1.29 is 46.1 Å². The topological polar surface area (TPSA) is 174 Å². The highest BCUT2D eigenvalue weighted by Gasteiger charge is 2.36. The van der Waals surface area contributed by atoms with Crippen LogP contribution in [0.3, 0.4) is 0 Å². The highest BCUT2D eigenvalue weighted by molar-refractivity contribution is 7.93. The second kappa shape index (κ2) is 19.5. The minimum atomic E-state index is -4.06. The minimum absolute atomic E-state index is 0.0817. The number of ether oxygens (including phenoxy) is 2. The van der Waals surface area contributed by atoms with Gasteiger partial charge in [-0.05, 0) is 72.2 Å². The number of benzene rings is 4. The van der Waals surface area contributed by atoms with Gasteiger partial charge >= 0.3 is 0 Å². The molecule has 0 bridgehead atoms. The lowest BCUT2D eigenvalue weighted by molar-refractivity contribution is -0.154. The highest BCUT2D eigenvalue weighted by Crippen LogP contribution is 2.31. The van der Waals surface area contributed by atoms with Crippen molar-refractivity contribution in [3.8, 4) is 0 Å². The fourth-order valence-electron chi connectivity index (χ4n) is 7.54. The van der Waals surface area contributed by atoms with Gasteiger partial charge in [0.25, 0.3) is 0 Å². The van der Waals surface area contributed by atoms with Crippen molar-refractivity contribution in [3.63, 3.8) is 0 Å². The molecule has 4 atom stereocenters. The molecule has 4 aromatic rings. The number of aliphatic hydroxyl groups is 2. The van der Waals surface area contributed by atoms with E-state index in [4.69, 9.17) is 9.47 Å². The average Bonchev–Trinajstić information content (AvgIpc) is 3.22. The molecule has 2 aliphatic heterocycles. The highest BCUT2D eigenvalue weighted by atomic mass is 32.2. The number of amides is 2. The Kier molecular flexibility index (Phi) is 14.4. The normalized spacial score (nSPS) is 18.7. The molecule has 0 aromatic heterocycles. The third-order valence-electron chi connectivity index (χ3n) is 10.7. The van der Waals surface area contributed by atoms with Crippen molar-refractivity contribution >= 4 is 43.2 Å². The number of rotatable bonds is 18. The number of sulfonamides is 2. The zero-order valence-corrected chi connectivity index (χ0v) is 34.9. The summed E-state index contributed by atoms with van der Waals surface area (Å²) in [6, 6.07) is 30.6. The van der Waals surface area contributed by atoms with Crippen molar-refractivity contribution in [3.05, 3.63) is 131 Å². The molecule has 4 aromatic carbocycles. The summed E-state index contributed by atoms with van der Waals surface area (Å²) in [5, 5.41) is 22.9. The van der Waals surface area contributed by atoms with Crippen LogP contribution < -0.4 is 8.61 Å². The van der Waals surface area contributed by atoms with Gasteiger partial charge in [-0.15, -0.1) is 0 Å². The van der Waals surface area contributed by atoms with Crippen molar-refractivity contribution in [2.24, 2.45) is 0 Å². The number of anilines is 2. The summed E-state index contributed by atoms with van der Waals surface area (Å²) in [6.07, 6.45) is 2.54. The van der Waals surface area contributed by atoms with Crippen LogP contribution >= 0.6 is 0 Å². The maximum absolute atomic E-state index is 13.2. The molecule has 2 fully saturated rings. The fourth-order valence-corrected chi connectivity index (χ4v) is 9.28. The van der Waals surface area contributed by atoms with E-state index in [1.807, 2.05) is 60.7 Å². The molecule has 2 amide bonds. The van der Waals surface area contributed by atoms with Gasteiger partial charge in [0.05, 0.1) is 49.2 Å². The summed E-state index contributed by atoms with van der Waals surface area (Å²) in [6.45, 7) is 0.304. The molecule has 0 radical (unpaired) electrons. The molecular weight excluding hydrogens is 797 g/mol. The SMILES string of the molecule is CS(=O)(=O)N(CN(c1ccc(C(O)C2COCC(=O)N2CCCc2ccccc2)cc1)S(C)(=O)=O)c1ccc(C(O)C2COCC(=O)N2CCCc2ccccc2)cc1. The van der Waals surface area contributed by atoms with Crippen LogP contribution in [0.15, 0.2) is 109 Å². The van der Waals surface area contributed by atoms with Crippen LogP contribution in [-0.4, -0.2) is 119 Å². The molecule has 2 saturated heterocycles. The van der Waals surface area contributed by atoms with Crippen molar-refractivity contribution in [2.45, 2.75) is 50.0 Å². The van der Waals surface area contributed by atoms with Gasteiger partial charge in [0, 0.05) is 13.1 Å². The van der Waals surface area contributed by atoms with Gasteiger partial charge in [-0.2, -0.15) is 0 Å². The lowest BCUT2D eigenvalue weighted by atomic mass is 9.99. The zero-order valence-electron chi connectivity index (χ0n) is 33.2. The van der Waals surface area contributed by atoms with E-state index in [0.29, 0.717) is 37.1 Å². The molecule has 4 unspecified atom stereocenters. The van der Waals surface area contributed by atoms with Crippen LogP contribution in [0.2, 0.25) is 0 Å². The molecule has 316 valence electrons. The van der Waals surface area contributed by atoms with Gasteiger partial charge in [-0.25, -0.2) is 16.8 Å². The van der Waals surface area contributed by atoms with Crippen LogP contribution in [0.1, 0.15) is 47.3 Å². The molecule has 14 nitrogen and oxygen atoms in total. The Morgan fingerprint density at radius 1 is 0.593 bits per heavy atom. The molecule has 0 aliphatic carbocycles. The maximum atomic E-state index is 13.2. The fraction of sp³-hybridized carbons (Fsp3) is 0.395. The van der Waals surface area contributed by atoms with E-state index in [1.54, 1.807) is 34.1 Å². The second-order valence-electron chi connectivity index (χ2n) is 15.0. The van der Waals surface area contributed by atoms with E-state index in [0.717, 1.165) is 45.1 Å². The maximum Gasteiger partial charge on any atom is 0.248 e. The summed E-state index contributed by atoms with van der Waals surface area (Å²) in [5.41, 5.74) is 3.42. The Hall–Kier alpha value is -4.84. The molecule has 0 spiro atoms. The Morgan fingerprint density at radius 2 is 0.949 bits per heavy atom. The molecule has 16 heteroatoms. The lowest BCUT2D eigenvalue weighted by Crippen LogP contribution is -2.52. The van der Waals surface area contributed by atoms with E-state index in [1.165, 1.54) is 24.3 Å². The lowest BCUT2D eigenvalue weighted by Gasteiger charge is -2.38. The number of aliphatic hydroxyl groups excluding tert-OH is 2. The third kappa shape index (κ3) is 11.3. The van der Waals surface area contributed by atoms with Crippen LogP contribution in [0, 0.1) is 0 Å². The Labute approximate surface area is 346 Å². The summed E-state index contributed by atoms with van der Waals surface area (Å²) in [5.74, 6) is -0.461. The molecule has 59 heavy (non-hydrogen) atoms. The number of aryl methyl sites for hydroxylation is 2. The zero-order chi connectivity index (χ0) is 42.2. The van der Waals surface area contributed by atoms with Crippen LogP contribution in [0.25, 0.3) is 0 Å². The van der Waals surface area contributed by atoms with Crippen molar-refractivity contribution in [1.82, 2.24) is 9.80 Å². The van der Waals surface area contributed by atoms with Crippen LogP contribution in [0.5, 0.6) is 0 Å². The summed E-state index contributed by atoms with van der Waals surface area (Å²) in [7, 11) is -8.11. The van der Waals surface area contributed by atoms with E-state index in [-0.39, 0.29) is 49.6 Å². The molecule has 2 N–H and O–H groups in total. The first-order valence-corrected chi connectivity index (χ1v) is 23.2. The summed E-state index contributed by atoms with van der Waals surface area (Å²) in [4.78, 5) is 29.1. The predicted octanol–water partition coefficient (Wildman–Crippen LogP) is 3.66. The molecule has 6 rings (SSSR count). The molecular formula is C43H52N4O10S2. The monoisotopic (exact) mass is 848 g/mol. The third-order valence-corrected chi connectivity index (χ3v) is 13.0. The van der Waals surface area contributed by atoms with Gasteiger partial charge < -0.3 is 29.5 Å². The predicted molar refractivity (Wildman–Crippen MR) is 224 cm³/mol. The molecule has 2 aliphatic rings. The van der Waals surface area contributed by atoms with E-state index >= 15 is 0 Å². The number of morpholine rings is 2. The quantitative estimate of drug-likeness (QED) is 0.141. The summed E-state index contributed by atoms with van der Waals surface area (Å²) >= 11 is 0. The number of carbonyl (C=O) groups is 2. The Morgan fingerprint density at radius 3 is 1.29 bits per heavy atom. The van der Waals surface area contributed by atoms with E-state index in [9.17, 15) is 36.6 Å². The first kappa shape index (κ1) is 43.7. The Bertz CT molecular complexity index is 2070. The summed E-state index contributed by atoms with van der Waals surface area (Å²) < 4.78 is 65.8. The van der Waals surface area contributed by atoms with E-state index in [2.05, 4.69) is 0 Å². The van der Waals surface area contributed by atoms with Gasteiger partial charge in [0.2, 0.25) is 31.9 Å². The van der Waals surface area contributed by atoms with E-state index < -0.39 is 51.0 Å². The largest absolute Gasteiger partial charge is 0.386 e. The second-order valence-corrected chi connectivity index (χ2v) is 18.8. The van der Waals surface area contributed by atoms with Gasteiger partial charge in [-0.1, -0.05) is 84.9 Å². The molecule has 2 heterocycles. The van der Waals surface area contributed by atoms with Crippen molar-refractivity contribution in [2.75, 3.05) is 67.3 Å². The van der Waals surface area contributed by atoms with Crippen LogP contribution in [-0.2, 0) is 52.0 Å². The first-order chi connectivity index (χ1) is 28.2. The number of nitrogens with zero attached hydrogens (tertiary/aromatic N) is 4. The Balaban J connectivity index is 1.15. The minimum Gasteiger partial charge on any atom is -0.386 e. The van der Waals surface area contributed by atoms with Gasteiger partial charge in [-0.3, -0.25) is 18.2 Å². The number of hydrogen-bond acceptors (Lipinski definition) is 10. The smallest absolute Gasteiger partial charge is 0.248 e. The number of carbonyl (C=O) groups excluding carboxylic acids is 2. The van der Waals surface area contributed by atoms with Gasteiger partial charge in [0.1, 0.15) is 32.1 Å². The average molecular weight is 849 g/mol. The number of hydrogen-bond donors (Lipinski definition) is 2. The molecule has 0 saturated carbocycles.